The van der Waals surface area contributed by atoms with Gasteiger partial charge in [-0.3, -0.25) is 9.80 Å². The third-order valence-electron chi connectivity index (χ3n) is 4.39. The van der Waals surface area contributed by atoms with Crippen molar-refractivity contribution in [2.75, 3.05) is 26.2 Å². The summed E-state index contributed by atoms with van der Waals surface area (Å²) in [5.41, 5.74) is -0.651. The van der Waals surface area contributed by atoms with E-state index in [1.54, 1.807) is 6.26 Å². The molecule has 2 heterocycles. The average Bonchev–Trinajstić information content (AvgIpc) is 2.94. The lowest BCUT2D eigenvalue weighted by atomic mass is 10.1. The summed E-state index contributed by atoms with van der Waals surface area (Å²) in [6, 6.07) is 6.98. The van der Waals surface area contributed by atoms with Gasteiger partial charge < -0.3 is 4.42 Å². The van der Waals surface area contributed by atoms with Crippen molar-refractivity contribution in [3.8, 4) is 0 Å². The highest BCUT2D eigenvalue weighted by Crippen LogP contribution is 2.31. The average molecular weight is 356 g/mol. The largest absolute Gasteiger partial charge is 0.468 e. The van der Waals surface area contributed by atoms with Crippen molar-refractivity contribution in [1.82, 2.24) is 9.80 Å². The van der Waals surface area contributed by atoms with Gasteiger partial charge in [-0.2, -0.15) is 13.2 Å². The second kappa shape index (κ2) is 7.58. The first kappa shape index (κ1) is 17.9. The van der Waals surface area contributed by atoms with Crippen LogP contribution in [0.4, 0.5) is 17.6 Å². The van der Waals surface area contributed by atoms with Crippen molar-refractivity contribution in [2.45, 2.75) is 25.7 Å². The fourth-order valence-electron chi connectivity index (χ4n) is 3.11. The molecule has 7 heteroatoms. The molecule has 2 aromatic rings. The van der Waals surface area contributed by atoms with E-state index in [1.165, 1.54) is 6.07 Å². The molecule has 0 N–H and O–H groups in total. The van der Waals surface area contributed by atoms with Crippen LogP contribution in [0.5, 0.6) is 0 Å². The molecule has 1 aromatic heterocycles. The summed E-state index contributed by atoms with van der Waals surface area (Å²) >= 11 is 0. The fraction of sp³-hybridized carbons (Fsp3) is 0.444. The van der Waals surface area contributed by atoms with E-state index in [0.717, 1.165) is 57.0 Å². The van der Waals surface area contributed by atoms with Gasteiger partial charge in [-0.1, -0.05) is 6.07 Å². The van der Waals surface area contributed by atoms with Crippen molar-refractivity contribution in [3.05, 3.63) is 59.3 Å². The highest BCUT2D eigenvalue weighted by molar-refractivity contribution is 5.26. The van der Waals surface area contributed by atoms with E-state index in [2.05, 4.69) is 9.80 Å². The molecule has 0 bridgehead atoms. The molecule has 0 radical (unpaired) electrons. The second-order valence-corrected chi connectivity index (χ2v) is 6.30. The van der Waals surface area contributed by atoms with Gasteiger partial charge in [0.15, 0.2) is 0 Å². The normalized spacial score (nSPS) is 17.6. The lowest BCUT2D eigenvalue weighted by molar-refractivity contribution is -0.140. The number of halogens is 4. The monoisotopic (exact) mass is 356 g/mol. The lowest BCUT2D eigenvalue weighted by Crippen LogP contribution is -2.30. The molecule has 0 atom stereocenters. The maximum atomic E-state index is 13.7. The van der Waals surface area contributed by atoms with E-state index in [0.29, 0.717) is 12.1 Å². The SMILES string of the molecule is Fc1cc(CN2CCCN(Cc3ccco3)CC2)ccc1C(F)(F)F. The molecule has 1 aliphatic heterocycles. The number of alkyl halides is 3. The summed E-state index contributed by atoms with van der Waals surface area (Å²) in [6.07, 6.45) is -2.06. The van der Waals surface area contributed by atoms with Crippen molar-refractivity contribution in [3.63, 3.8) is 0 Å². The molecular formula is C18H20F4N2O. The van der Waals surface area contributed by atoms with Crippen LogP contribution >= 0.6 is 0 Å². The summed E-state index contributed by atoms with van der Waals surface area (Å²) in [4.78, 5) is 4.43. The molecule has 0 amide bonds. The molecule has 3 rings (SSSR count). The summed E-state index contributed by atoms with van der Waals surface area (Å²) in [7, 11) is 0. The minimum atomic E-state index is -4.66. The molecule has 0 spiro atoms. The first-order chi connectivity index (χ1) is 11.9. The van der Waals surface area contributed by atoms with Gasteiger partial charge in [-0.05, 0) is 49.3 Å². The van der Waals surface area contributed by atoms with Crippen molar-refractivity contribution in [1.29, 1.82) is 0 Å². The highest BCUT2D eigenvalue weighted by Gasteiger charge is 2.33. The minimum absolute atomic E-state index is 0.448. The number of furan rings is 1. The molecule has 0 saturated carbocycles. The molecule has 1 fully saturated rings. The number of hydrogen-bond acceptors (Lipinski definition) is 3. The highest BCUT2D eigenvalue weighted by atomic mass is 19.4. The molecule has 136 valence electrons. The van der Waals surface area contributed by atoms with Crippen molar-refractivity contribution >= 4 is 0 Å². The van der Waals surface area contributed by atoms with Crippen LogP contribution in [0.1, 0.15) is 23.3 Å². The minimum Gasteiger partial charge on any atom is -0.468 e. The van der Waals surface area contributed by atoms with E-state index in [4.69, 9.17) is 4.42 Å². The Hall–Kier alpha value is -1.86. The van der Waals surface area contributed by atoms with Crippen LogP contribution in [0, 0.1) is 5.82 Å². The molecular weight excluding hydrogens is 336 g/mol. The van der Waals surface area contributed by atoms with E-state index in [-0.39, 0.29) is 0 Å². The van der Waals surface area contributed by atoms with Crippen LogP contribution in [-0.2, 0) is 19.3 Å². The van der Waals surface area contributed by atoms with Gasteiger partial charge >= 0.3 is 6.18 Å². The first-order valence-corrected chi connectivity index (χ1v) is 8.24. The topological polar surface area (TPSA) is 19.6 Å². The summed E-state index contributed by atoms with van der Waals surface area (Å²) in [5.74, 6) is -0.294. The van der Waals surface area contributed by atoms with Crippen LogP contribution in [0.25, 0.3) is 0 Å². The Morgan fingerprint density at radius 3 is 2.28 bits per heavy atom. The quantitative estimate of drug-likeness (QED) is 0.768. The van der Waals surface area contributed by atoms with E-state index in [1.807, 2.05) is 12.1 Å². The lowest BCUT2D eigenvalue weighted by Gasteiger charge is -2.21. The predicted molar refractivity (Wildman–Crippen MR) is 85.3 cm³/mol. The van der Waals surface area contributed by atoms with E-state index >= 15 is 0 Å². The Morgan fingerprint density at radius 1 is 0.960 bits per heavy atom. The molecule has 1 saturated heterocycles. The number of hydrogen-bond donors (Lipinski definition) is 0. The van der Waals surface area contributed by atoms with Crippen molar-refractivity contribution in [2.24, 2.45) is 0 Å². The van der Waals surface area contributed by atoms with Gasteiger partial charge in [0, 0.05) is 19.6 Å². The van der Waals surface area contributed by atoms with Gasteiger partial charge in [0.25, 0.3) is 0 Å². The number of benzene rings is 1. The fourth-order valence-corrected chi connectivity index (χ4v) is 3.11. The van der Waals surface area contributed by atoms with Gasteiger partial charge in [-0.25, -0.2) is 4.39 Å². The smallest absolute Gasteiger partial charge is 0.419 e. The Bertz CT molecular complexity index is 685. The van der Waals surface area contributed by atoms with Crippen LogP contribution in [0.2, 0.25) is 0 Å². The van der Waals surface area contributed by atoms with E-state index < -0.39 is 17.6 Å². The molecule has 25 heavy (non-hydrogen) atoms. The zero-order chi connectivity index (χ0) is 17.9. The maximum Gasteiger partial charge on any atom is 0.419 e. The van der Waals surface area contributed by atoms with Crippen LogP contribution in [0.15, 0.2) is 41.0 Å². The van der Waals surface area contributed by atoms with E-state index in [9.17, 15) is 17.6 Å². The van der Waals surface area contributed by atoms with Crippen LogP contribution in [-0.4, -0.2) is 36.0 Å². The van der Waals surface area contributed by atoms with Gasteiger partial charge in [0.05, 0.1) is 18.4 Å². The standard InChI is InChI=1S/C18H20F4N2O/c19-17-11-14(4-5-16(17)18(20,21)22)12-23-6-2-7-24(9-8-23)13-15-3-1-10-25-15/h1,3-5,10-11H,2,6-9,12-13H2. The Balaban J connectivity index is 1.57. The van der Waals surface area contributed by atoms with Crippen molar-refractivity contribution < 1.29 is 22.0 Å². The van der Waals surface area contributed by atoms with Gasteiger partial charge in [0.2, 0.25) is 0 Å². The number of rotatable bonds is 4. The maximum absolute atomic E-state index is 13.7. The Labute approximate surface area is 143 Å². The van der Waals surface area contributed by atoms with Crippen LogP contribution < -0.4 is 0 Å². The second-order valence-electron chi connectivity index (χ2n) is 6.30. The van der Waals surface area contributed by atoms with Crippen LogP contribution in [0.3, 0.4) is 0 Å². The molecule has 3 nitrogen and oxygen atoms in total. The predicted octanol–water partition coefficient (Wildman–Crippen LogP) is 4.15. The zero-order valence-electron chi connectivity index (χ0n) is 13.7. The molecule has 1 aliphatic rings. The van der Waals surface area contributed by atoms with Gasteiger partial charge in [0.1, 0.15) is 11.6 Å². The summed E-state index contributed by atoms with van der Waals surface area (Å²) in [6.45, 7) is 4.57. The molecule has 1 aromatic carbocycles. The zero-order valence-corrected chi connectivity index (χ0v) is 13.7. The summed E-state index contributed by atoms with van der Waals surface area (Å²) < 4.78 is 56.9. The first-order valence-electron chi connectivity index (χ1n) is 8.24. The molecule has 0 aliphatic carbocycles. The Morgan fingerprint density at radius 2 is 1.68 bits per heavy atom. The third kappa shape index (κ3) is 4.83. The number of nitrogens with zero attached hydrogens (tertiary/aromatic N) is 2. The molecule has 0 unspecified atom stereocenters. The summed E-state index contributed by atoms with van der Waals surface area (Å²) in [5, 5.41) is 0. The van der Waals surface area contributed by atoms with Gasteiger partial charge in [-0.15, -0.1) is 0 Å². The Kier molecular flexibility index (Phi) is 5.44. The third-order valence-corrected chi connectivity index (χ3v) is 4.39.